The number of carboxylic acids is 2. The van der Waals surface area contributed by atoms with Crippen molar-refractivity contribution >= 4 is 42.0 Å². The van der Waals surface area contributed by atoms with Gasteiger partial charge in [-0.15, -0.1) is 0 Å². The fraction of sp³-hybridized carbons (Fsp3) is 0.438. The molecule has 0 saturated carbocycles. The number of aromatic hydroxyl groups is 4. The first-order chi connectivity index (χ1) is 36.9. The van der Waals surface area contributed by atoms with Crippen LogP contribution in [0.3, 0.4) is 0 Å². The van der Waals surface area contributed by atoms with Crippen molar-refractivity contribution in [3.63, 3.8) is 0 Å². The highest BCUT2D eigenvalue weighted by atomic mass is 16.8. The lowest BCUT2D eigenvalue weighted by Gasteiger charge is -2.45. The van der Waals surface area contributed by atoms with Crippen LogP contribution in [0.25, 0.3) is 12.2 Å². The molecule has 17 atom stereocenters. The highest BCUT2D eigenvalue weighted by Gasteiger charge is 2.52. The Hall–Kier alpha value is -7.43. The second-order valence-corrected chi connectivity index (χ2v) is 17.7. The summed E-state index contributed by atoms with van der Waals surface area (Å²) in [6, 6.07) is 10.8. The number of hydrogen-bond acceptors (Lipinski definition) is 28. The van der Waals surface area contributed by atoms with Crippen molar-refractivity contribution < 1.29 is 148 Å². The maximum Gasteiger partial charge on any atom is 0.349 e. The number of carbonyl (C=O) groups excluding carboxylic acids is 3. The van der Waals surface area contributed by atoms with Crippen molar-refractivity contribution in [1.82, 2.24) is 0 Å². The minimum Gasteiger partial charge on any atom is -0.508 e. The van der Waals surface area contributed by atoms with Gasteiger partial charge in [-0.25, -0.2) is 14.4 Å². The van der Waals surface area contributed by atoms with Gasteiger partial charge in [-0.05, 0) is 42.0 Å². The quantitative estimate of drug-likeness (QED) is 0.0236. The summed E-state index contributed by atoms with van der Waals surface area (Å²) in [6.45, 7) is -2.39. The van der Waals surface area contributed by atoms with E-state index in [1.54, 1.807) is 0 Å². The molecule has 0 radical (unpaired) electrons. The van der Waals surface area contributed by atoms with Crippen molar-refractivity contribution in [2.45, 2.75) is 111 Å². The standard InChI is InChI=1S/C48H52O30/c49-14-28-34(59)36(61)39(64)47(74-28)72-25-7-1-17(9-23(25)53)2-8-30(55)76-42(44(65)66)43(45(67)68)77-32(57)13-31(56)69-16-29-35(60)37(62)41(78-46-38(63)33(58)24(54)15-70-46)48(75-29)73-27-12-21-22(52)10-20(51)11-26(21)71-40(27)18-3-5-19(50)6-4-18/h1-12,24,28-29,33-43,46-54,58-64H,13-16H2,(H,65,66)(H,67,68)/b8-2+/t24-,28+,29+,33-,34+,35-,36-,37-,38-,39-,40?,41+,42-,43-,46-,47+,48+/m0/s1. The topological polar surface area (TPSA) is 481 Å². The van der Waals surface area contributed by atoms with Crippen LogP contribution in [0.5, 0.6) is 34.5 Å². The van der Waals surface area contributed by atoms with Crippen LogP contribution in [-0.2, 0) is 61.9 Å². The van der Waals surface area contributed by atoms with E-state index in [0.717, 1.165) is 24.3 Å². The SMILES string of the molecule is O=C(/C=C/c1ccc(O[C@@H]2O[C@H](CO)[C@@H](O)[C@H](O)[C@@H]2O)c(O)c1)O[C@H](C(=O)O)[C@H](OC(=O)CC(=O)OC[C@H]1O[C@@H](OC2=Cc3c(O)cc(O)cc3OC2c2ccc(O)cc2)[C@H](O[C@@H]2OC[C@H](O)[C@H](O)[C@@H]2O)[C@@H](O)[C@H]1O)C(=O)O. The second-order valence-electron chi connectivity index (χ2n) is 17.7. The molecule has 4 aliphatic heterocycles. The molecule has 3 aromatic rings. The molecule has 30 heteroatoms. The van der Waals surface area contributed by atoms with E-state index < -0.39 is 178 Å². The zero-order valence-corrected chi connectivity index (χ0v) is 39.9. The number of esters is 3. The van der Waals surface area contributed by atoms with E-state index in [2.05, 4.69) is 0 Å². The highest BCUT2D eigenvalue weighted by molar-refractivity contribution is 5.94. The van der Waals surface area contributed by atoms with Crippen molar-refractivity contribution in [3.8, 4) is 34.5 Å². The third-order valence-electron chi connectivity index (χ3n) is 12.2. The number of aliphatic hydroxyl groups excluding tert-OH is 9. The van der Waals surface area contributed by atoms with Gasteiger partial charge in [0.25, 0.3) is 0 Å². The largest absolute Gasteiger partial charge is 0.508 e. The summed E-state index contributed by atoms with van der Waals surface area (Å²) in [5.41, 5.74) is 0.247. The number of rotatable bonds is 19. The molecule has 30 nitrogen and oxygen atoms in total. The van der Waals surface area contributed by atoms with Crippen LogP contribution in [0.1, 0.15) is 29.2 Å². The first-order valence-corrected chi connectivity index (χ1v) is 23.2. The first kappa shape index (κ1) is 58.3. The van der Waals surface area contributed by atoms with Gasteiger partial charge in [0.1, 0.15) is 103 Å². The number of ether oxygens (including phenoxy) is 10. The second kappa shape index (κ2) is 24.9. The monoisotopic (exact) mass is 1110 g/mol. The van der Waals surface area contributed by atoms with Crippen LogP contribution in [0.4, 0.5) is 0 Å². The summed E-state index contributed by atoms with van der Waals surface area (Å²) in [4.78, 5) is 62.9. The fourth-order valence-electron chi connectivity index (χ4n) is 8.06. The molecule has 424 valence electrons. The predicted octanol–water partition coefficient (Wildman–Crippen LogP) is -3.91. The lowest BCUT2D eigenvalue weighted by molar-refractivity contribution is -0.352. The van der Waals surface area contributed by atoms with Crippen LogP contribution >= 0.6 is 0 Å². The van der Waals surface area contributed by atoms with Gasteiger partial charge in [0.15, 0.2) is 30.0 Å². The first-order valence-electron chi connectivity index (χ1n) is 23.2. The van der Waals surface area contributed by atoms with Gasteiger partial charge in [-0.1, -0.05) is 18.2 Å². The maximum atomic E-state index is 13.0. The Balaban J connectivity index is 1.00. The smallest absolute Gasteiger partial charge is 0.349 e. The van der Waals surface area contributed by atoms with Crippen molar-refractivity contribution in [2.24, 2.45) is 0 Å². The molecule has 0 aromatic heterocycles. The molecule has 78 heavy (non-hydrogen) atoms. The molecule has 0 aliphatic carbocycles. The van der Waals surface area contributed by atoms with E-state index in [0.29, 0.717) is 6.08 Å². The Morgan fingerprint density at radius 1 is 0.654 bits per heavy atom. The maximum absolute atomic E-state index is 13.0. The average molecular weight is 1110 g/mol. The highest BCUT2D eigenvalue weighted by Crippen LogP contribution is 2.45. The van der Waals surface area contributed by atoms with Crippen LogP contribution in [0.2, 0.25) is 0 Å². The fourth-order valence-corrected chi connectivity index (χ4v) is 8.06. The number of phenols is 4. The zero-order chi connectivity index (χ0) is 56.9. The summed E-state index contributed by atoms with van der Waals surface area (Å²) in [5, 5.41) is 154. The molecule has 0 spiro atoms. The summed E-state index contributed by atoms with van der Waals surface area (Å²) in [7, 11) is 0. The lowest BCUT2D eigenvalue weighted by Crippen LogP contribution is -2.63. The predicted molar refractivity (Wildman–Crippen MR) is 246 cm³/mol. The van der Waals surface area contributed by atoms with Crippen molar-refractivity contribution in [2.75, 3.05) is 19.8 Å². The summed E-state index contributed by atoms with van der Waals surface area (Å²) in [5.74, 6) is -11.4. The average Bonchev–Trinajstić information content (AvgIpc) is 3.49. The number of aliphatic hydroxyl groups is 9. The normalized spacial score (nSPS) is 30.6. The molecule has 3 fully saturated rings. The van der Waals surface area contributed by atoms with E-state index in [1.165, 1.54) is 42.5 Å². The summed E-state index contributed by atoms with van der Waals surface area (Å²) in [6.07, 6.45) is -30.9. The van der Waals surface area contributed by atoms with Gasteiger partial charge >= 0.3 is 29.8 Å². The van der Waals surface area contributed by atoms with Crippen LogP contribution in [-0.4, -0.2) is 224 Å². The molecule has 15 N–H and O–H groups in total. The van der Waals surface area contributed by atoms with Crippen LogP contribution in [0, 0.1) is 0 Å². The number of phenolic OH excluding ortho intramolecular Hbond substituents is 4. The molecule has 0 amide bonds. The van der Waals surface area contributed by atoms with Gasteiger partial charge in [0, 0.05) is 23.8 Å². The molecule has 4 heterocycles. The summed E-state index contributed by atoms with van der Waals surface area (Å²) < 4.78 is 54.3. The van der Waals surface area contributed by atoms with Gasteiger partial charge < -0.3 is 124 Å². The lowest BCUT2D eigenvalue weighted by atomic mass is 9.97. The molecule has 0 bridgehead atoms. The number of carbonyl (C=O) groups is 5. The van der Waals surface area contributed by atoms with E-state index in [4.69, 9.17) is 47.4 Å². The van der Waals surface area contributed by atoms with Crippen LogP contribution < -0.4 is 9.47 Å². The van der Waals surface area contributed by atoms with E-state index >= 15 is 0 Å². The number of hydrogen-bond donors (Lipinski definition) is 15. The molecule has 1 unspecified atom stereocenters. The number of aliphatic carboxylic acids is 2. The number of fused-ring (bicyclic) bond motifs is 1. The molecular formula is C48H52O30. The molecule has 3 saturated heterocycles. The van der Waals surface area contributed by atoms with Crippen LogP contribution in [0.15, 0.2) is 66.4 Å². The van der Waals surface area contributed by atoms with Gasteiger partial charge in [0.2, 0.25) is 24.8 Å². The van der Waals surface area contributed by atoms with Gasteiger partial charge in [-0.3, -0.25) is 9.59 Å². The molecule has 3 aromatic carbocycles. The minimum atomic E-state index is -2.80. The van der Waals surface area contributed by atoms with E-state index in [1.807, 2.05) is 0 Å². The zero-order valence-electron chi connectivity index (χ0n) is 39.9. The molecular weight excluding hydrogens is 1060 g/mol. The van der Waals surface area contributed by atoms with E-state index in [9.17, 15) is 101 Å². The Morgan fingerprint density at radius 2 is 1.31 bits per heavy atom. The number of benzene rings is 3. The van der Waals surface area contributed by atoms with E-state index in [-0.39, 0.29) is 39.7 Å². The Labute approximate surface area is 437 Å². The van der Waals surface area contributed by atoms with Crippen molar-refractivity contribution in [3.05, 3.63) is 83.1 Å². The Morgan fingerprint density at radius 3 is 1.97 bits per heavy atom. The van der Waals surface area contributed by atoms with Crippen molar-refractivity contribution in [1.29, 1.82) is 0 Å². The third kappa shape index (κ3) is 13.4. The third-order valence-corrected chi connectivity index (χ3v) is 12.2. The van der Waals surface area contributed by atoms with Gasteiger partial charge in [0.05, 0.1) is 18.8 Å². The molecule has 4 aliphatic rings. The molecule has 7 rings (SSSR count). The Bertz CT molecular complexity index is 2710. The minimum absolute atomic E-state index is 0.00975. The van der Waals surface area contributed by atoms with Gasteiger partial charge in [-0.2, -0.15) is 0 Å². The Kier molecular flexibility index (Phi) is 18.6. The number of carboxylic acid groups (broad SMARTS) is 2. The summed E-state index contributed by atoms with van der Waals surface area (Å²) >= 11 is 0.